The summed E-state index contributed by atoms with van der Waals surface area (Å²) in [5.74, 6) is -0.299. The number of nitrogens with two attached hydrogens (primary N) is 1. The molecular formula is C14H10ClF3INO. The van der Waals surface area contributed by atoms with E-state index in [1.807, 2.05) is 0 Å². The summed E-state index contributed by atoms with van der Waals surface area (Å²) in [6, 6.07) is 10.2. The minimum Gasteiger partial charge on any atom is -0.406 e. The van der Waals surface area contributed by atoms with Crippen molar-refractivity contribution >= 4 is 34.2 Å². The minimum absolute atomic E-state index is 0.299. The van der Waals surface area contributed by atoms with Crippen molar-refractivity contribution in [1.82, 2.24) is 0 Å². The van der Waals surface area contributed by atoms with Gasteiger partial charge in [-0.05, 0) is 64.0 Å². The normalized spacial score (nSPS) is 13.0. The van der Waals surface area contributed by atoms with Crippen LogP contribution in [0.25, 0.3) is 0 Å². The lowest BCUT2D eigenvalue weighted by atomic mass is 9.99. The van der Waals surface area contributed by atoms with Crippen LogP contribution in [0, 0.1) is 3.57 Å². The molecule has 1 atom stereocenters. The molecule has 2 nitrogen and oxygen atoms in total. The van der Waals surface area contributed by atoms with Crippen LogP contribution in [-0.4, -0.2) is 6.36 Å². The summed E-state index contributed by atoms with van der Waals surface area (Å²) >= 11 is 8.03. The van der Waals surface area contributed by atoms with Crippen LogP contribution in [0.3, 0.4) is 0 Å². The second kappa shape index (κ2) is 6.41. The lowest BCUT2D eigenvalue weighted by molar-refractivity contribution is -0.274. The molecule has 2 N–H and O–H groups in total. The molecular weight excluding hydrogens is 418 g/mol. The summed E-state index contributed by atoms with van der Waals surface area (Å²) in [4.78, 5) is 0. The molecule has 112 valence electrons. The van der Waals surface area contributed by atoms with Crippen LogP contribution < -0.4 is 10.5 Å². The van der Waals surface area contributed by atoms with E-state index in [9.17, 15) is 13.2 Å². The fourth-order valence-corrected chi connectivity index (χ4v) is 2.69. The van der Waals surface area contributed by atoms with Gasteiger partial charge in [0.1, 0.15) is 5.75 Å². The first-order chi connectivity index (χ1) is 9.76. The molecule has 2 aromatic rings. The summed E-state index contributed by atoms with van der Waals surface area (Å²) in [7, 11) is 0. The predicted molar refractivity (Wildman–Crippen MR) is 83.3 cm³/mol. The van der Waals surface area contributed by atoms with Gasteiger partial charge in [0.15, 0.2) is 0 Å². The molecule has 0 radical (unpaired) electrons. The third-order valence-electron chi connectivity index (χ3n) is 2.74. The highest BCUT2D eigenvalue weighted by Gasteiger charge is 2.31. The van der Waals surface area contributed by atoms with E-state index in [4.69, 9.17) is 17.3 Å². The van der Waals surface area contributed by atoms with E-state index < -0.39 is 12.4 Å². The molecule has 21 heavy (non-hydrogen) atoms. The van der Waals surface area contributed by atoms with Gasteiger partial charge in [-0.2, -0.15) is 0 Å². The average molecular weight is 428 g/mol. The first-order valence-electron chi connectivity index (χ1n) is 5.82. The van der Waals surface area contributed by atoms with Gasteiger partial charge in [-0.25, -0.2) is 0 Å². The molecule has 0 aliphatic carbocycles. The number of ether oxygens (including phenoxy) is 1. The Kier molecular flexibility index (Phi) is 5.00. The van der Waals surface area contributed by atoms with Gasteiger partial charge in [0.05, 0.1) is 6.04 Å². The Labute approximate surface area is 138 Å². The second-order valence-corrected chi connectivity index (χ2v) is 5.86. The first-order valence-corrected chi connectivity index (χ1v) is 7.28. The molecule has 1 unspecified atom stereocenters. The van der Waals surface area contributed by atoms with E-state index in [1.165, 1.54) is 18.2 Å². The van der Waals surface area contributed by atoms with Gasteiger partial charge in [-0.3, -0.25) is 0 Å². The zero-order chi connectivity index (χ0) is 15.6. The molecule has 0 aliphatic heterocycles. The maximum Gasteiger partial charge on any atom is 0.573 e. The molecule has 0 aliphatic rings. The van der Waals surface area contributed by atoms with Crippen molar-refractivity contribution in [3.63, 3.8) is 0 Å². The number of hydrogen-bond acceptors (Lipinski definition) is 2. The molecule has 0 aromatic heterocycles. The van der Waals surface area contributed by atoms with Crippen molar-refractivity contribution in [2.45, 2.75) is 12.4 Å². The number of hydrogen-bond donors (Lipinski definition) is 1. The maximum absolute atomic E-state index is 12.2. The molecule has 0 bridgehead atoms. The fourth-order valence-electron chi connectivity index (χ4n) is 1.84. The highest BCUT2D eigenvalue weighted by Crippen LogP contribution is 2.30. The Morgan fingerprint density at radius 1 is 1.14 bits per heavy atom. The topological polar surface area (TPSA) is 35.2 Å². The third-order valence-corrected chi connectivity index (χ3v) is 3.96. The monoisotopic (exact) mass is 427 g/mol. The van der Waals surface area contributed by atoms with E-state index in [-0.39, 0.29) is 5.75 Å². The molecule has 0 spiro atoms. The number of benzene rings is 2. The quantitative estimate of drug-likeness (QED) is 0.708. The van der Waals surface area contributed by atoms with E-state index in [2.05, 4.69) is 27.3 Å². The van der Waals surface area contributed by atoms with Crippen molar-refractivity contribution in [2.24, 2.45) is 5.73 Å². The van der Waals surface area contributed by atoms with Crippen LogP contribution in [0.15, 0.2) is 42.5 Å². The lowest BCUT2D eigenvalue weighted by Gasteiger charge is -2.16. The highest BCUT2D eigenvalue weighted by molar-refractivity contribution is 14.1. The van der Waals surface area contributed by atoms with Crippen LogP contribution in [0.4, 0.5) is 13.2 Å². The molecule has 7 heteroatoms. The second-order valence-electron chi connectivity index (χ2n) is 4.26. The SMILES string of the molecule is NC(c1cccc(OC(F)(F)F)c1)c1cc(Cl)ccc1I. The third kappa shape index (κ3) is 4.49. The van der Waals surface area contributed by atoms with Gasteiger partial charge >= 0.3 is 6.36 Å². The zero-order valence-corrected chi connectivity index (χ0v) is 13.4. The van der Waals surface area contributed by atoms with Gasteiger partial charge in [0.25, 0.3) is 0 Å². The maximum atomic E-state index is 12.2. The van der Waals surface area contributed by atoms with Gasteiger partial charge < -0.3 is 10.5 Å². The standard InChI is InChI=1S/C14H10ClF3INO/c15-9-4-5-12(19)11(7-9)13(20)8-2-1-3-10(6-8)21-14(16,17)18/h1-7,13H,20H2. The minimum atomic E-state index is -4.73. The molecule has 0 saturated carbocycles. The Bertz CT molecular complexity index is 648. The van der Waals surface area contributed by atoms with E-state index in [0.717, 1.165) is 9.13 Å². The number of halogens is 5. The Balaban J connectivity index is 2.33. The van der Waals surface area contributed by atoms with E-state index in [1.54, 1.807) is 24.3 Å². The molecule has 2 aromatic carbocycles. The van der Waals surface area contributed by atoms with Crippen LogP contribution in [0.5, 0.6) is 5.75 Å². The van der Waals surface area contributed by atoms with Crippen molar-refractivity contribution in [2.75, 3.05) is 0 Å². The summed E-state index contributed by atoms with van der Waals surface area (Å²) in [5, 5.41) is 0.517. The predicted octanol–water partition coefficient (Wildman–Crippen LogP) is 4.89. The lowest BCUT2D eigenvalue weighted by Crippen LogP contribution is -2.18. The number of rotatable bonds is 3. The van der Waals surface area contributed by atoms with Crippen LogP contribution in [0.1, 0.15) is 17.2 Å². The summed E-state index contributed by atoms with van der Waals surface area (Å²) in [5.41, 5.74) is 7.37. The Morgan fingerprint density at radius 2 is 1.86 bits per heavy atom. The van der Waals surface area contributed by atoms with E-state index >= 15 is 0 Å². The van der Waals surface area contributed by atoms with Crippen LogP contribution in [-0.2, 0) is 0 Å². The van der Waals surface area contributed by atoms with Crippen LogP contribution in [0.2, 0.25) is 5.02 Å². The van der Waals surface area contributed by atoms with Crippen molar-refractivity contribution in [1.29, 1.82) is 0 Å². The first kappa shape index (κ1) is 16.4. The van der Waals surface area contributed by atoms with Gasteiger partial charge in [0.2, 0.25) is 0 Å². The van der Waals surface area contributed by atoms with Gasteiger partial charge in [0, 0.05) is 8.59 Å². The zero-order valence-electron chi connectivity index (χ0n) is 10.5. The average Bonchev–Trinajstić information content (AvgIpc) is 2.39. The summed E-state index contributed by atoms with van der Waals surface area (Å²) in [6.07, 6.45) is -4.73. The Hall–Kier alpha value is -0.990. The van der Waals surface area contributed by atoms with Crippen LogP contribution >= 0.6 is 34.2 Å². The van der Waals surface area contributed by atoms with Gasteiger partial charge in [-0.15, -0.1) is 13.2 Å². The van der Waals surface area contributed by atoms with Crippen molar-refractivity contribution < 1.29 is 17.9 Å². The highest BCUT2D eigenvalue weighted by atomic mass is 127. The largest absolute Gasteiger partial charge is 0.573 e. The van der Waals surface area contributed by atoms with Crippen molar-refractivity contribution in [3.05, 3.63) is 62.2 Å². The van der Waals surface area contributed by atoms with Crippen molar-refractivity contribution in [3.8, 4) is 5.75 Å². The summed E-state index contributed by atoms with van der Waals surface area (Å²) in [6.45, 7) is 0. The van der Waals surface area contributed by atoms with Gasteiger partial charge in [-0.1, -0.05) is 23.7 Å². The molecule has 2 rings (SSSR count). The summed E-state index contributed by atoms with van der Waals surface area (Å²) < 4.78 is 41.5. The molecule has 0 saturated heterocycles. The Morgan fingerprint density at radius 3 is 2.52 bits per heavy atom. The molecule has 0 heterocycles. The molecule has 0 fully saturated rings. The van der Waals surface area contributed by atoms with E-state index in [0.29, 0.717) is 10.6 Å². The molecule has 0 amide bonds. The smallest absolute Gasteiger partial charge is 0.406 e. The number of alkyl halides is 3. The fraction of sp³-hybridized carbons (Fsp3) is 0.143.